The van der Waals surface area contributed by atoms with E-state index < -0.39 is 15.4 Å². The summed E-state index contributed by atoms with van der Waals surface area (Å²) in [7, 11) is -4.03. The van der Waals surface area contributed by atoms with Crippen LogP contribution in [0.2, 0.25) is 0 Å². The Morgan fingerprint density at radius 3 is 2.08 bits per heavy atom. The van der Waals surface area contributed by atoms with Gasteiger partial charge < -0.3 is 4.55 Å². The summed E-state index contributed by atoms with van der Waals surface area (Å²) < 4.78 is 32.0. The molecule has 0 aromatic heterocycles. The Kier molecular flexibility index (Phi) is 5.48. The molecule has 1 aliphatic carbocycles. The van der Waals surface area contributed by atoms with E-state index >= 15 is 0 Å². The SMILES string of the molecule is CC1CCC(S(=O)(=O)[O-])CC1C.[Na+]. The smallest absolute Gasteiger partial charge is 0.748 e. The Balaban J connectivity index is 0.00000144. The van der Waals surface area contributed by atoms with Crippen molar-refractivity contribution in [2.75, 3.05) is 0 Å². The molecule has 0 radical (unpaired) electrons. The van der Waals surface area contributed by atoms with Crippen molar-refractivity contribution in [3.8, 4) is 0 Å². The molecule has 0 aliphatic heterocycles. The maximum Gasteiger partial charge on any atom is 1.00 e. The summed E-state index contributed by atoms with van der Waals surface area (Å²) in [6.07, 6.45) is 1.97. The van der Waals surface area contributed by atoms with Crippen LogP contribution in [-0.4, -0.2) is 18.2 Å². The van der Waals surface area contributed by atoms with Crippen LogP contribution in [-0.2, 0) is 10.1 Å². The second-order valence-electron chi connectivity index (χ2n) is 3.88. The van der Waals surface area contributed by atoms with Crippen LogP contribution >= 0.6 is 0 Å². The quantitative estimate of drug-likeness (QED) is 0.388. The standard InChI is InChI=1S/C8H16O3S.Na/c1-6-3-4-8(5-7(6)2)12(9,10)11;/h6-8H,3-5H2,1-2H3,(H,9,10,11);/q;+1/p-1. The van der Waals surface area contributed by atoms with Gasteiger partial charge in [-0.3, -0.25) is 0 Å². The third kappa shape index (κ3) is 3.88. The molecule has 0 N–H and O–H groups in total. The molecule has 3 atom stereocenters. The molecule has 0 amide bonds. The fourth-order valence-electron chi connectivity index (χ4n) is 1.76. The van der Waals surface area contributed by atoms with Gasteiger partial charge in [-0.2, -0.15) is 0 Å². The van der Waals surface area contributed by atoms with Crippen molar-refractivity contribution in [1.82, 2.24) is 0 Å². The van der Waals surface area contributed by atoms with Crippen LogP contribution in [0.1, 0.15) is 33.1 Å². The van der Waals surface area contributed by atoms with Gasteiger partial charge in [0.1, 0.15) is 0 Å². The van der Waals surface area contributed by atoms with E-state index in [9.17, 15) is 13.0 Å². The second-order valence-corrected chi connectivity index (χ2v) is 5.53. The summed E-state index contributed by atoms with van der Waals surface area (Å²) in [4.78, 5) is 0. The maximum absolute atomic E-state index is 10.7. The fraction of sp³-hybridized carbons (Fsp3) is 1.00. The largest absolute Gasteiger partial charge is 1.00 e. The van der Waals surface area contributed by atoms with Crippen molar-refractivity contribution in [1.29, 1.82) is 0 Å². The van der Waals surface area contributed by atoms with E-state index in [1.54, 1.807) is 0 Å². The molecule has 1 saturated carbocycles. The normalized spacial score (nSPS) is 35.2. The van der Waals surface area contributed by atoms with Gasteiger partial charge in [0.05, 0.1) is 10.1 Å². The molecule has 0 spiro atoms. The summed E-state index contributed by atoms with van der Waals surface area (Å²) in [5.41, 5.74) is 0. The van der Waals surface area contributed by atoms with E-state index in [1.807, 2.05) is 6.92 Å². The van der Waals surface area contributed by atoms with E-state index in [-0.39, 0.29) is 29.6 Å². The second kappa shape index (κ2) is 5.12. The molecule has 1 fully saturated rings. The van der Waals surface area contributed by atoms with Gasteiger partial charge in [-0.25, -0.2) is 8.42 Å². The van der Waals surface area contributed by atoms with Crippen LogP contribution in [0.5, 0.6) is 0 Å². The molecule has 0 aromatic carbocycles. The molecule has 0 heterocycles. The van der Waals surface area contributed by atoms with E-state index in [4.69, 9.17) is 0 Å². The van der Waals surface area contributed by atoms with Gasteiger partial charge in [0.25, 0.3) is 0 Å². The third-order valence-electron chi connectivity index (χ3n) is 2.96. The molecule has 0 bridgehead atoms. The average Bonchev–Trinajstić information content (AvgIpc) is 1.92. The molecule has 1 rings (SSSR count). The Labute approximate surface area is 102 Å². The summed E-state index contributed by atoms with van der Waals surface area (Å²) in [6.45, 7) is 4.13. The number of hydrogen-bond donors (Lipinski definition) is 0. The number of hydrogen-bond acceptors (Lipinski definition) is 3. The molecule has 0 aromatic rings. The minimum Gasteiger partial charge on any atom is -0.748 e. The number of rotatable bonds is 1. The van der Waals surface area contributed by atoms with Crippen molar-refractivity contribution >= 4 is 10.1 Å². The van der Waals surface area contributed by atoms with Crippen LogP contribution in [0.4, 0.5) is 0 Å². The molecular formula is C8H15NaO3S. The fourth-order valence-corrected chi connectivity index (χ4v) is 2.72. The van der Waals surface area contributed by atoms with Crippen molar-refractivity contribution in [2.24, 2.45) is 11.8 Å². The average molecular weight is 214 g/mol. The molecule has 3 unspecified atom stereocenters. The summed E-state index contributed by atoms with van der Waals surface area (Å²) in [5.74, 6) is 0.926. The zero-order valence-corrected chi connectivity index (χ0v) is 11.3. The van der Waals surface area contributed by atoms with Crippen LogP contribution in [0.25, 0.3) is 0 Å². The molecule has 3 nitrogen and oxygen atoms in total. The zero-order chi connectivity index (χ0) is 9.35. The Hall–Kier alpha value is 0.910. The van der Waals surface area contributed by atoms with Gasteiger partial charge in [-0.15, -0.1) is 0 Å². The molecule has 72 valence electrons. The van der Waals surface area contributed by atoms with Gasteiger partial charge in [0, 0.05) is 5.25 Å². The van der Waals surface area contributed by atoms with E-state index in [0.717, 1.165) is 6.42 Å². The monoisotopic (exact) mass is 214 g/mol. The topological polar surface area (TPSA) is 57.2 Å². The van der Waals surface area contributed by atoms with Gasteiger partial charge >= 0.3 is 29.6 Å². The molecular weight excluding hydrogens is 199 g/mol. The van der Waals surface area contributed by atoms with Crippen molar-refractivity contribution in [3.05, 3.63) is 0 Å². The van der Waals surface area contributed by atoms with E-state index in [2.05, 4.69) is 6.92 Å². The van der Waals surface area contributed by atoms with Crippen molar-refractivity contribution in [2.45, 2.75) is 38.4 Å². The summed E-state index contributed by atoms with van der Waals surface area (Å²) in [5, 5.41) is -0.622. The molecule has 0 saturated heterocycles. The van der Waals surface area contributed by atoms with Crippen molar-refractivity contribution in [3.63, 3.8) is 0 Å². The minimum atomic E-state index is -4.03. The first-order chi connectivity index (χ1) is 5.41. The van der Waals surface area contributed by atoms with Gasteiger partial charge in [-0.05, 0) is 31.1 Å². The molecule has 5 heteroatoms. The van der Waals surface area contributed by atoms with E-state index in [0.29, 0.717) is 24.7 Å². The Morgan fingerprint density at radius 2 is 1.69 bits per heavy atom. The Bertz CT molecular complexity index is 250. The summed E-state index contributed by atoms with van der Waals surface area (Å²) >= 11 is 0. The predicted octanol–water partition coefficient (Wildman–Crippen LogP) is -1.64. The van der Waals surface area contributed by atoms with Crippen LogP contribution in [0, 0.1) is 11.8 Å². The van der Waals surface area contributed by atoms with E-state index in [1.165, 1.54) is 0 Å². The van der Waals surface area contributed by atoms with Crippen molar-refractivity contribution < 1.29 is 42.5 Å². The first kappa shape index (κ1) is 13.9. The minimum absolute atomic E-state index is 0. The first-order valence-corrected chi connectivity index (χ1v) is 5.83. The summed E-state index contributed by atoms with van der Waals surface area (Å²) in [6, 6.07) is 0. The van der Waals surface area contributed by atoms with Crippen LogP contribution in [0.15, 0.2) is 0 Å². The van der Waals surface area contributed by atoms with Gasteiger partial charge in [-0.1, -0.05) is 13.8 Å². The third-order valence-corrected chi connectivity index (χ3v) is 4.20. The maximum atomic E-state index is 10.7. The van der Waals surface area contributed by atoms with Crippen LogP contribution in [0.3, 0.4) is 0 Å². The first-order valence-electron chi connectivity index (χ1n) is 4.36. The predicted molar refractivity (Wildman–Crippen MR) is 45.7 cm³/mol. The molecule has 1 aliphatic rings. The molecule has 13 heavy (non-hydrogen) atoms. The zero-order valence-electron chi connectivity index (χ0n) is 8.49. The Morgan fingerprint density at radius 1 is 1.15 bits per heavy atom. The van der Waals surface area contributed by atoms with Crippen LogP contribution < -0.4 is 29.6 Å². The van der Waals surface area contributed by atoms with Gasteiger partial charge in [0.2, 0.25) is 0 Å². The van der Waals surface area contributed by atoms with Gasteiger partial charge in [0.15, 0.2) is 0 Å².